The fourth-order valence-electron chi connectivity index (χ4n) is 2.72. The van der Waals surface area contributed by atoms with Crippen molar-refractivity contribution in [3.8, 4) is 17.2 Å². The van der Waals surface area contributed by atoms with Crippen LogP contribution in [0, 0.1) is 5.92 Å². The van der Waals surface area contributed by atoms with E-state index in [0.717, 1.165) is 25.2 Å². The van der Waals surface area contributed by atoms with E-state index in [1.165, 1.54) is 0 Å². The number of benzene rings is 1. The molecular formula is C14H17NO5. The third-order valence-electron chi connectivity index (χ3n) is 3.62. The van der Waals surface area contributed by atoms with Gasteiger partial charge in [0.15, 0.2) is 11.5 Å². The van der Waals surface area contributed by atoms with Gasteiger partial charge in [-0.25, -0.2) is 0 Å². The van der Waals surface area contributed by atoms with E-state index in [-0.39, 0.29) is 19.1 Å². The second-order valence-corrected chi connectivity index (χ2v) is 5.19. The van der Waals surface area contributed by atoms with Crippen LogP contribution in [0.5, 0.6) is 17.2 Å². The number of carboxylic acid groups (broad SMARTS) is 1. The third-order valence-corrected chi connectivity index (χ3v) is 3.62. The molecule has 1 aromatic rings. The van der Waals surface area contributed by atoms with Gasteiger partial charge in [0.1, 0.15) is 0 Å². The number of likely N-dealkylation sites (tertiary alicyclic amines) is 1. The minimum atomic E-state index is -0.723. The molecule has 0 amide bonds. The highest BCUT2D eigenvalue weighted by Crippen LogP contribution is 2.42. The van der Waals surface area contributed by atoms with E-state index in [1.807, 2.05) is 12.1 Å². The van der Waals surface area contributed by atoms with Crippen LogP contribution in [-0.2, 0) is 11.3 Å². The molecule has 0 aliphatic carbocycles. The lowest BCUT2D eigenvalue weighted by Gasteiger charge is -2.38. The molecule has 1 fully saturated rings. The number of hydrogen-bond donors (Lipinski definition) is 1. The van der Waals surface area contributed by atoms with E-state index in [2.05, 4.69) is 4.90 Å². The van der Waals surface area contributed by atoms with Crippen molar-refractivity contribution in [2.24, 2.45) is 5.92 Å². The average molecular weight is 279 g/mol. The fraction of sp³-hybridized carbons (Fsp3) is 0.500. The van der Waals surface area contributed by atoms with E-state index < -0.39 is 5.97 Å². The van der Waals surface area contributed by atoms with Crippen molar-refractivity contribution in [3.05, 3.63) is 17.7 Å². The van der Waals surface area contributed by atoms with Crippen molar-refractivity contribution in [2.45, 2.75) is 13.0 Å². The molecule has 2 aliphatic heterocycles. The number of fused-ring (bicyclic) bond motifs is 1. The van der Waals surface area contributed by atoms with Crippen LogP contribution in [0.2, 0.25) is 0 Å². The molecule has 0 saturated carbocycles. The van der Waals surface area contributed by atoms with Gasteiger partial charge in [-0.05, 0) is 23.6 Å². The quantitative estimate of drug-likeness (QED) is 0.877. The summed E-state index contributed by atoms with van der Waals surface area (Å²) in [6.45, 7) is 2.63. The Kier molecular flexibility index (Phi) is 3.40. The summed E-state index contributed by atoms with van der Waals surface area (Å²) in [5, 5.41) is 8.73. The number of rotatable bonds is 5. The molecule has 1 aromatic carbocycles. The van der Waals surface area contributed by atoms with Gasteiger partial charge >= 0.3 is 5.97 Å². The Morgan fingerprint density at radius 3 is 2.95 bits per heavy atom. The van der Waals surface area contributed by atoms with E-state index in [1.54, 1.807) is 7.11 Å². The molecule has 6 nitrogen and oxygen atoms in total. The van der Waals surface area contributed by atoms with Crippen molar-refractivity contribution < 1.29 is 24.1 Å². The summed E-state index contributed by atoms with van der Waals surface area (Å²) < 4.78 is 16.0. The molecule has 0 aromatic heterocycles. The molecule has 6 heteroatoms. The zero-order chi connectivity index (χ0) is 14.1. The van der Waals surface area contributed by atoms with Crippen LogP contribution in [0.1, 0.15) is 12.0 Å². The summed E-state index contributed by atoms with van der Waals surface area (Å²) in [5.41, 5.74) is 1.08. The second kappa shape index (κ2) is 5.20. The molecule has 1 saturated heterocycles. The number of carbonyl (C=O) groups is 1. The summed E-state index contributed by atoms with van der Waals surface area (Å²) in [6, 6.07) is 3.90. The maximum absolute atomic E-state index is 10.6. The fourth-order valence-corrected chi connectivity index (χ4v) is 2.72. The maximum Gasteiger partial charge on any atom is 0.303 e. The zero-order valence-corrected chi connectivity index (χ0v) is 11.3. The molecule has 0 radical (unpaired) electrons. The van der Waals surface area contributed by atoms with Crippen LogP contribution in [-0.4, -0.2) is 43.0 Å². The van der Waals surface area contributed by atoms with E-state index in [0.29, 0.717) is 17.2 Å². The second-order valence-electron chi connectivity index (χ2n) is 5.19. The largest absolute Gasteiger partial charge is 0.493 e. The minimum absolute atomic E-state index is 0.222. The summed E-state index contributed by atoms with van der Waals surface area (Å²) in [6.07, 6.45) is 0.251. The molecule has 0 bridgehead atoms. The van der Waals surface area contributed by atoms with Gasteiger partial charge in [-0.15, -0.1) is 0 Å². The van der Waals surface area contributed by atoms with Crippen LogP contribution in [0.3, 0.4) is 0 Å². The Bertz CT molecular complexity index is 525. The number of ether oxygens (including phenoxy) is 3. The van der Waals surface area contributed by atoms with E-state index in [9.17, 15) is 4.79 Å². The highest BCUT2D eigenvalue weighted by Gasteiger charge is 2.29. The first-order chi connectivity index (χ1) is 9.65. The van der Waals surface area contributed by atoms with Gasteiger partial charge in [0.25, 0.3) is 0 Å². The van der Waals surface area contributed by atoms with Gasteiger partial charge in [0.2, 0.25) is 12.5 Å². The van der Waals surface area contributed by atoms with Gasteiger partial charge < -0.3 is 19.3 Å². The van der Waals surface area contributed by atoms with Crippen molar-refractivity contribution in [2.75, 3.05) is 27.0 Å². The van der Waals surface area contributed by atoms with Crippen LogP contribution >= 0.6 is 0 Å². The van der Waals surface area contributed by atoms with Crippen molar-refractivity contribution >= 4 is 5.97 Å². The molecule has 3 rings (SSSR count). The Labute approximate surface area is 116 Å². The maximum atomic E-state index is 10.6. The monoisotopic (exact) mass is 279 g/mol. The van der Waals surface area contributed by atoms with Crippen molar-refractivity contribution in [1.29, 1.82) is 0 Å². The Balaban J connectivity index is 1.63. The Hall–Kier alpha value is -1.95. The minimum Gasteiger partial charge on any atom is -0.493 e. The smallest absolute Gasteiger partial charge is 0.303 e. The first kappa shape index (κ1) is 13.1. The highest BCUT2D eigenvalue weighted by atomic mass is 16.7. The third kappa shape index (κ3) is 2.51. The van der Waals surface area contributed by atoms with Crippen molar-refractivity contribution in [3.63, 3.8) is 0 Å². The molecule has 0 unspecified atom stereocenters. The van der Waals surface area contributed by atoms with Crippen LogP contribution in [0.25, 0.3) is 0 Å². The summed E-state index contributed by atoms with van der Waals surface area (Å²) >= 11 is 0. The lowest BCUT2D eigenvalue weighted by atomic mass is 9.95. The summed E-state index contributed by atoms with van der Waals surface area (Å²) in [7, 11) is 1.60. The van der Waals surface area contributed by atoms with Gasteiger partial charge in [-0.1, -0.05) is 0 Å². The predicted octanol–water partition coefficient (Wildman–Crippen LogP) is 1.33. The van der Waals surface area contributed by atoms with E-state index >= 15 is 0 Å². The van der Waals surface area contributed by atoms with Gasteiger partial charge in [0, 0.05) is 19.6 Å². The topological polar surface area (TPSA) is 68.2 Å². The number of nitrogens with zero attached hydrogens (tertiary/aromatic N) is 1. The first-order valence-electron chi connectivity index (χ1n) is 6.56. The van der Waals surface area contributed by atoms with Gasteiger partial charge in [0.05, 0.1) is 13.5 Å². The Morgan fingerprint density at radius 1 is 1.45 bits per heavy atom. The van der Waals surface area contributed by atoms with Crippen molar-refractivity contribution in [1.82, 2.24) is 4.90 Å². The first-order valence-corrected chi connectivity index (χ1v) is 6.56. The molecule has 108 valence electrons. The molecular weight excluding hydrogens is 262 g/mol. The average Bonchev–Trinajstić information content (AvgIpc) is 2.82. The SMILES string of the molecule is COc1cc(CN2CC(CC(=O)O)C2)cc2c1OCO2. The van der Waals surface area contributed by atoms with Gasteiger partial charge in [-0.3, -0.25) is 9.69 Å². The molecule has 0 spiro atoms. The number of hydrogen-bond acceptors (Lipinski definition) is 5. The lowest BCUT2D eigenvalue weighted by molar-refractivity contribution is -0.139. The highest BCUT2D eigenvalue weighted by molar-refractivity contribution is 5.67. The molecule has 2 aliphatic rings. The Morgan fingerprint density at radius 2 is 2.25 bits per heavy atom. The number of carboxylic acids is 1. The molecule has 2 heterocycles. The number of methoxy groups -OCH3 is 1. The summed E-state index contributed by atoms with van der Waals surface area (Å²) in [4.78, 5) is 12.8. The standard InChI is InChI=1S/C14H17NO5/c1-18-11-2-9(3-12-14(11)20-8-19-12)5-15-6-10(7-15)4-13(16)17/h2-3,10H,4-8H2,1H3,(H,16,17). The van der Waals surface area contributed by atoms with Crippen LogP contribution < -0.4 is 14.2 Å². The van der Waals surface area contributed by atoms with Gasteiger partial charge in [-0.2, -0.15) is 0 Å². The molecule has 1 N–H and O–H groups in total. The molecule has 0 atom stereocenters. The molecule has 20 heavy (non-hydrogen) atoms. The van der Waals surface area contributed by atoms with Crippen LogP contribution in [0.4, 0.5) is 0 Å². The lowest BCUT2D eigenvalue weighted by Crippen LogP contribution is -2.46. The predicted molar refractivity (Wildman–Crippen MR) is 70.1 cm³/mol. The van der Waals surface area contributed by atoms with Crippen LogP contribution in [0.15, 0.2) is 12.1 Å². The van der Waals surface area contributed by atoms with E-state index in [4.69, 9.17) is 19.3 Å². The summed E-state index contributed by atoms with van der Waals surface area (Å²) in [5.74, 6) is 1.59. The number of aliphatic carboxylic acids is 1. The zero-order valence-electron chi connectivity index (χ0n) is 11.3. The normalized spacial score (nSPS) is 17.9.